The first-order valence-corrected chi connectivity index (χ1v) is 16.3. The van der Waals surface area contributed by atoms with Crippen LogP contribution >= 0.6 is 0 Å². The van der Waals surface area contributed by atoms with Gasteiger partial charge in [0.1, 0.15) is 23.0 Å². The molecule has 8 aromatic carbocycles. The summed E-state index contributed by atoms with van der Waals surface area (Å²) in [5, 5.41) is 53.6. The molecule has 8 aromatic rings. The van der Waals surface area contributed by atoms with Crippen LogP contribution in [-0.4, -0.2) is 20.4 Å². The Morgan fingerprint density at radius 1 is 0.250 bits per heavy atom. The van der Waals surface area contributed by atoms with Gasteiger partial charge in [0.05, 0.1) is 0 Å². The van der Waals surface area contributed by atoms with Crippen molar-refractivity contribution < 1.29 is 20.4 Å². The van der Waals surface area contributed by atoms with E-state index in [4.69, 9.17) is 0 Å². The summed E-state index contributed by atoms with van der Waals surface area (Å²) >= 11 is 0. The molecule has 0 radical (unpaired) electrons. The Labute approximate surface area is 277 Å². The van der Waals surface area contributed by atoms with Crippen LogP contribution in [0, 0.1) is 0 Å². The highest BCUT2D eigenvalue weighted by Crippen LogP contribution is 2.42. The maximum absolute atomic E-state index is 11.7. The fraction of sp³-hybridized carbons (Fsp3) is 0.0909. The molecule has 0 saturated carbocycles. The van der Waals surface area contributed by atoms with E-state index in [9.17, 15) is 20.4 Å². The maximum Gasteiger partial charge on any atom is 0.126 e. The number of aromatic hydroxyl groups is 4. The zero-order chi connectivity index (χ0) is 32.5. The van der Waals surface area contributed by atoms with Crippen molar-refractivity contribution in [1.82, 2.24) is 0 Å². The van der Waals surface area contributed by atoms with Crippen LogP contribution in [0.2, 0.25) is 0 Å². The summed E-state index contributed by atoms with van der Waals surface area (Å²) < 4.78 is 0. The summed E-state index contributed by atoms with van der Waals surface area (Å²) in [7, 11) is 0. The minimum Gasteiger partial charge on any atom is -0.507 e. The topological polar surface area (TPSA) is 80.9 Å². The van der Waals surface area contributed by atoms with E-state index < -0.39 is 0 Å². The molecule has 48 heavy (non-hydrogen) atoms. The quantitative estimate of drug-likeness (QED) is 0.135. The highest BCUT2D eigenvalue weighted by molar-refractivity contribution is 5.97. The number of phenols is 4. The Kier molecular flexibility index (Phi) is 6.34. The van der Waals surface area contributed by atoms with Gasteiger partial charge >= 0.3 is 0 Å². The molecule has 1 aliphatic rings. The minimum atomic E-state index is 0.242. The van der Waals surface area contributed by atoms with Gasteiger partial charge < -0.3 is 20.4 Å². The first-order valence-electron chi connectivity index (χ1n) is 16.3. The zero-order valence-corrected chi connectivity index (χ0v) is 26.2. The number of phenolic OH excluding ortho intramolecular Hbond substituents is 4. The van der Waals surface area contributed by atoms with E-state index in [1.54, 1.807) is 0 Å². The molecular formula is C44H32O4. The third-order valence-electron chi connectivity index (χ3n) is 10.2. The Morgan fingerprint density at radius 3 is 0.646 bits per heavy atom. The number of hydrogen-bond donors (Lipinski definition) is 4. The third kappa shape index (κ3) is 4.37. The van der Waals surface area contributed by atoms with E-state index in [2.05, 4.69) is 24.3 Å². The lowest BCUT2D eigenvalue weighted by molar-refractivity contribution is 0.474. The second-order valence-corrected chi connectivity index (χ2v) is 13.1. The molecule has 0 fully saturated rings. The Hall–Kier alpha value is -6.00. The summed E-state index contributed by atoms with van der Waals surface area (Å²) in [5.74, 6) is 0.970. The predicted octanol–water partition coefficient (Wildman–Crippen LogP) is 9.80. The van der Waals surface area contributed by atoms with E-state index in [1.807, 2.05) is 97.1 Å². The van der Waals surface area contributed by atoms with Gasteiger partial charge in [0, 0.05) is 47.2 Å². The summed E-state index contributed by atoms with van der Waals surface area (Å²) in [6.45, 7) is 0. The molecule has 0 unspecified atom stereocenters. The molecule has 0 aliphatic heterocycles. The van der Waals surface area contributed by atoms with Crippen LogP contribution in [0.25, 0.3) is 43.1 Å². The number of fused-ring (bicyclic) bond motifs is 16. The van der Waals surface area contributed by atoms with Gasteiger partial charge in [-0.25, -0.2) is 0 Å². The largest absolute Gasteiger partial charge is 0.507 e. The maximum atomic E-state index is 11.7. The molecule has 9 rings (SSSR count). The van der Waals surface area contributed by atoms with Crippen molar-refractivity contribution in [1.29, 1.82) is 0 Å². The minimum absolute atomic E-state index is 0.242. The lowest BCUT2D eigenvalue weighted by Gasteiger charge is -2.20. The molecule has 0 amide bonds. The molecule has 232 valence electrons. The molecule has 4 nitrogen and oxygen atoms in total. The molecule has 0 spiro atoms. The molecule has 0 atom stereocenters. The normalized spacial score (nSPS) is 13.0. The highest BCUT2D eigenvalue weighted by Gasteiger charge is 2.21. The van der Waals surface area contributed by atoms with Gasteiger partial charge in [-0.2, -0.15) is 0 Å². The van der Waals surface area contributed by atoms with Gasteiger partial charge in [-0.1, -0.05) is 121 Å². The van der Waals surface area contributed by atoms with Crippen molar-refractivity contribution in [3.8, 4) is 23.0 Å². The van der Waals surface area contributed by atoms with E-state index in [0.717, 1.165) is 87.6 Å². The monoisotopic (exact) mass is 624 g/mol. The van der Waals surface area contributed by atoms with Crippen LogP contribution in [0.5, 0.6) is 23.0 Å². The fourth-order valence-electron chi connectivity index (χ4n) is 7.94. The van der Waals surface area contributed by atoms with Gasteiger partial charge in [-0.15, -0.1) is 0 Å². The molecule has 0 saturated heterocycles. The van der Waals surface area contributed by atoms with Crippen molar-refractivity contribution >= 4 is 43.1 Å². The zero-order valence-electron chi connectivity index (χ0n) is 26.2. The molecule has 0 aromatic heterocycles. The van der Waals surface area contributed by atoms with Crippen LogP contribution in [0.15, 0.2) is 121 Å². The van der Waals surface area contributed by atoms with Crippen LogP contribution in [-0.2, 0) is 25.7 Å². The number of hydrogen-bond acceptors (Lipinski definition) is 4. The highest BCUT2D eigenvalue weighted by atomic mass is 16.3. The first kappa shape index (κ1) is 28.2. The van der Waals surface area contributed by atoms with Crippen molar-refractivity contribution in [2.75, 3.05) is 0 Å². The summed E-state index contributed by atoms with van der Waals surface area (Å²) in [4.78, 5) is 0. The first-order chi connectivity index (χ1) is 23.4. The van der Waals surface area contributed by atoms with Crippen molar-refractivity contribution in [2.45, 2.75) is 25.7 Å². The van der Waals surface area contributed by atoms with Crippen LogP contribution in [0.1, 0.15) is 44.5 Å². The summed E-state index contributed by atoms with van der Waals surface area (Å²) in [6.07, 6.45) is 1.81. The smallest absolute Gasteiger partial charge is 0.126 e. The van der Waals surface area contributed by atoms with Gasteiger partial charge in [-0.05, 0) is 66.1 Å². The van der Waals surface area contributed by atoms with E-state index >= 15 is 0 Å². The number of benzene rings is 8. The second-order valence-electron chi connectivity index (χ2n) is 13.1. The van der Waals surface area contributed by atoms with E-state index in [-0.39, 0.29) is 23.0 Å². The van der Waals surface area contributed by atoms with Gasteiger partial charge in [0.2, 0.25) is 0 Å². The Bertz CT molecular complexity index is 2250. The van der Waals surface area contributed by atoms with Crippen LogP contribution in [0.4, 0.5) is 0 Å². The number of rotatable bonds is 0. The average molecular weight is 625 g/mol. The average Bonchev–Trinajstić information content (AvgIpc) is 3.12. The van der Waals surface area contributed by atoms with Gasteiger partial charge in [-0.3, -0.25) is 0 Å². The molecule has 0 heterocycles. The molecule has 1 aliphatic carbocycles. The van der Waals surface area contributed by atoms with E-state index in [0.29, 0.717) is 25.7 Å². The van der Waals surface area contributed by atoms with Crippen molar-refractivity contribution in [3.63, 3.8) is 0 Å². The Morgan fingerprint density at radius 2 is 0.438 bits per heavy atom. The molecule has 4 N–H and O–H groups in total. The fourth-order valence-corrected chi connectivity index (χ4v) is 7.94. The standard InChI is InChI=1S/C44H32O4/c45-41-29-17-25(33-9-1-5-13-37(33)41)21-30-18-26(34-10-2-6-14-38(34)42(30)46)23-32-20-28(36-12-4-8-16-40(36)44(32)48)24-31-19-27(22-29)35-11-3-7-15-39(35)43(31)47/h1-20,45-48H,21-24H2. The van der Waals surface area contributed by atoms with Crippen molar-refractivity contribution in [2.24, 2.45) is 0 Å². The van der Waals surface area contributed by atoms with E-state index in [1.165, 1.54) is 0 Å². The SMILES string of the molecule is Oc1c2cc(c3ccccc13)Cc1cc(c3ccccc3c1O)Cc1cc(c3ccccc3c1O)Cc1cc(c3ccccc3c1O)C2. The van der Waals surface area contributed by atoms with Gasteiger partial charge in [0.25, 0.3) is 0 Å². The summed E-state index contributed by atoms with van der Waals surface area (Å²) in [6, 6.07) is 39.8. The van der Waals surface area contributed by atoms with Gasteiger partial charge in [0.15, 0.2) is 0 Å². The molecule has 8 bridgehead atoms. The van der Waals surface area contributed by atoms with Crippen molar-refractivity contribution in [3.05, 3.63) is 166 Å². The van der Waals surface area contributed by atoms with Crippen LogP contribution < -0.4 is 0 Å². The molecule has 4 heteroatoms. The third-order valence-corrected chi connectivity index (χ3v) is 10.2. The molecular weight excluding hydrogens is 592 g/mol. The summed E-state index contributed by atoms with van der Waals surface area (Å²) in [5.41, 5.74) is 7.15. The van der Waals surface area contributed by atoms with Crippen LogP contribution in [0.3, 0.4) is 0 Å². The lowest BCUT2D eigenvalue weighted by Crippen LogP contribution is -2.02. The predicted molar refractivity (Wildman–Crippen MR) is 194 cm³/mol. The second kappa shape index (κ2) is 10.8. The Balaban J connectivity index is 1.38. The lowest BCUT2D eigenvalue weighted by atomic mass is 9.86.